The van der Waals surface area contributed by atoms with Gasteiger partial charge in [-0.05, 0) is 57.8 Å². The Morgan fingerprint density at radius 3 is 1.18 bits per heavy atom. The van der Waals surface area contributed by atoms with Gasteiger partial charge in [-0.25, -0.2) is 4.57 Å². The first-order chi connectivity index (χ1) is 33.2. The van der Waals surface area contributed by atoms with Crippen LogP contribution in [-0.2, 0) is 42.2 Å². The first-order valence-electron chi connectivity index (χ1n) is 27.5. The fourth-order valence-electron chi connectivity index (χ4n) is 7.58. The minimum Gasteiger partial charge on any atom is -0.462 e. The summed E-state index contributed by atoms with van der Waals surface area (Å²) >= 11 is 0. The predicted octanol–water partition coefficient (Wildman–Crippen LogP) is 15.8. The molecule has 3 unspecified atom stereocenters. The molecule has 0 aliphatic rings. The average Bonchev–Trinajstić information content (AvgIpc) is 3.32. The number of esters is 3. The van der Waals surface area contributed by atoms with Crippen LogP contribution < -0.4 is 0 Å². The van der Waals surface area contributed by atoms with Crippen molar-refractivity contribution in [2.45, 2.75) is 264 Å². The largest absolute Gasteiger partial charge is 0.472 e. The molecule has 11 nitrogen and oxygen atoms in total. The maximum atomic E-state index is 12.9. The van der Waals surface area contributed by atoms with Crippen LogP contribution in [0, 0.1) is 0 Å². The number of aliphatic hydroxyl groups is 1. The van der Waals surface area contributed by atoms with Gasteiger partial charge in [0.05, 0.1) is 19.8 Å². The Morgan fingerprint density at radius 1 is 0.426 bits per heavy atom. The predicted molar refractivity (Wildman–Crippen MR) is 279 cm³/mol. The van der Waals surface area contributed by atoms with Crippen LogP contribution in [0.15, 0.2) is 48.6 Å². The van der Waals surface area contributed by atoms with Crippen molar-refractivity contribution in [3.63, 3.8) is 0 Å². The number of unbranched alkanes of at least 4 members (excludes halogenated alkanes) is 26. The van der Waals surface area contributed by atoms with Gasteiger partial charge in [0.1, 0.15) is 12.7 Å². The number of phosphoric acid groups is 1. The Labute approximate surface area is 415 Å². The van der Waals surface area contributed by atoms with Crippen LogP contribution in [0.3, 0.4) is 0 Å². The zero-order valence-corrected chi connectivity index (χ0v) is 44.5. The lowest BCUT2D eigenvalue weighted by Gasteiger charge is -2.21. The van der Waals surface area contributed by atoms with Gasteiger partial charge in [0.2, 0.25) is 0 Å². The zero-order chi connectivity index (χ0) is 49.9. The highest BCUT2D eigenvalue weighted by molar-refractivity contribution is 7.47. The normalized spacial score (nSPS) is 13.8. The zero-order valence-electron chi connectivity index (χ0n) is 43.6. The summed E-state index contributed by atoms with van der Waals surface area (Å²) in [5.41, 5.74) is 0. The van der Waals surface area contributed by atoms with Crippen molar-refractivity contribution in [2.75, 3.05) is 26.4 Å². The Balaban J connectivity index is 4.76. The lowest BCUT2D eigenvalue weighted by molar-refractivity contribution is -0.161. The summed E-state index contributed by atoms with van der Waals surface area (Å²) in [6, 6.07) is 0. The van der Waals surface area contributed by atoms with Crippen LogP contribution in [-0.4, -0.2) is 66.5 Å². The van der Waals surface area contributed by atoms with E-state index in [1.807, 2.05) is 0 Å². The molecule has 0 saturated heterocycles. The lowest BCUT2D eigenvalue weighted by Crippen LogP contribution is -2.30. The lowest BCUT2D eigenvalue weighted by atomic mass is 10.0. The van der Waals surface area contributed by atoms with Crippen LogP contribution in [0.1, 0.15) is 252 Å². The summed E-state index contributed by atoms with van der Waals surface area (Å²) in [5, 5.41) is 9.76. The molecule has 0 spiro atoms. The van der Waals surface area contributed by atoms with E-state index in [4.69, 9.17) is 23.3 Å². The van der Waals surface area contributed by atoms with Gasteiger partial charge >= 0.3 is 25.7 Å². The molecule has 0 amide bonds. The van der Waals surface area contributed by atoms with E-state index < -0.39 is 57.8 Å². The number of rotatable bonds is 51. The summed E-state index contributed by atoms with van der Waals surface area (Å²) in [6.45, 7) is 4.50. The number of hydrogen-bond acceptors (Lipinski definition) is 10. The second kappa shape index (κ2) is 50.8. The first kappa shape index (κ1) is 65.4. The van der Waals surface area contributed by atoms with Gasteiger partial charge in [-0.2, -0.15) is 0 Å². The van der Waals surface area contributed by atoms with Crippen molar-refractivity contribution in [3.05, 3.63) is 48.6 Å². The number of carbonyl (C=O) groups excluding carboxylic acids is 3. The number of phosphoric ester groups is 1. The second-order valence-corrected chi connectivity index (χ2v) is 19.8. The van der Waals surface area contributed by atoms with Crippen LogP contribution in [0.2, 0.25) is 0 Å². The summed E-state index contributed by atoms with van der Waals surface area (Å²) in [7, 11) is -4.74. The van der Waals surface area contributed by atoms with Crippen molar-refractivity contribution in [1.82, 2.24) is 0 Å². The molecule has 3 atom stereocenters. The maximum Gasteiger partial charge on any atom is 0.472 e. The Kier molecular flexibility index (Phi) is 48.9. The fourth-order valence-corrected chi connectivity index (χ4v) is 8.37. The molecule has 0 aromatic carbocycles. The maximum absolute atomic E-state index is 12.9. The molecule has 0 aliphatic heterocycles. The number of allylic oxidation sites excluding steroid dienone is 8. The van der Waals surface area contributed by atoms with Crippen molar-refractivity contribution in [2.24, 2.45) is 0 Å². The van der Waals surface area contributed by atoms with Crippen LogP contribution in [0.25, 0.3) is 0 Å². The molecule has 0 fully saturated rings. The summed E-state index contributed by atoms with van der Waals surface area (Å²) in [4.78, 5) is 48.3. The van der Waals surface area contributed by atoms with E-state index in [1.165, 1.54) is 103 Å². The molecule has 0 rings (SSSR count). The Bertz CT molecular complexity index is 1330. The van der Waals surface area contributed by atoms with E-state index in [-0.39, 0.29) is 25.9 Å². The quantitative estimate of drug-likeness (QED) is 0.0197. The smallest absolute Gasteiger partial charge is 0.462 e. The molecular formula is C56H101O11P. The number of carbonyl (C=O) groups is 3. The van der Waals surface area contributed by atoms with Crippen LogP contribution >= 0.6 is 7.82 Å². The van der Waals surface area contributed by atoms with E-state index in [0.717, 1.165) is 89.9 Å². The van der Waals surface area contributed by atoms with E-state index in [0.29, 0.717) is 19.3 Å². The van der Waals surface area contributed by atoms with Crippen LogP contribution in [0.4, 0.5) is 0 Å². The van der Waals surface area contributed by atoms with Gasteiger partial charge in [0.15, 0.2) is 6.10 Å². The van der Waals surface area contributed by atoms with Gasteiger partial charge in [0.25, 0.3) is 0 Å². The highest BCUT2D eigenvalue weighted by Gasteiger charge is 2.28. The molecule has 0 aliphatic carbocycles. The standard InChI is InChI=1S/C56H101O11P/c1-4-7-10-13-16-19-21-23-25-26-28-30-32-35-38-41-44-47-56(60)67-53(49-63-54(58)45-42-39-36-34-31-29-27-24-22-20-17-14-11-8-5-2)51-65-68(61,62)64-50-52(48-57)66-55(59)46-43-40-37-33-18-15-12-9-6-3/h7,10,16,19,23,25,28,30,52-53,57H,4-6,8-9,11-15,17-18,20-22,24,26-27,29,31-51H2,1-3H3,(H,61,62)/b10-7-,19-16-,25-23-,30-28-. The highest BCUT2D eigenvalue weighted by Crippen LogP contribution is 2.43. The van der Waals surface area contributed by atoms with E-state index in [1.54, 1.807) is 0 Å². The Morgan fingerprint density at radius 2 is 0.765 bits per heavy atom. The third-order valence-corrected chi connectivity index (χ3v) is 12.7. The SMILES string of the molecule is CC/C=C\C/C=C\C/C=C\C/C=C\CCCCCCC(=O)OC(COC(=O)CCCCCCCCCCCCCCCCC)COP(=O)(O)OCC(CO)OC(=O)CCCCCCCCCCC. The minimum absolute atomic E-state index is 0.142. The van der Waals surface area contributed by atoms with E-state index in [2.05, 4.69) is 69.4 Å². The summed E-state index contributed by atoms with van der Waals surface area (Å²) < 4.78 is 39.4. The molecule has 68 heavy (non-hydrogen) atoms. The second-order valence-electron chi connectivity index (χ2n) is 18.4. The van der Waals surface area contributed by atoms with Crippen molar-refractivity contribution in [3.8, 4) is 0 Å². The number of hydrogen-bond donors (Lipinski definition) is 2. The van der Waals surface area contributed by atoms with E-state index in [9.17, 15) is 28.9 Å². The van der Waals surface area contributed by atoms with Gasteiger partial charge in [-0.15, -0.1) is 0 Å². The molecule has 12 heteroatoms. The topological polar surface area (TPSA) is 155 Å². The summed E-state index contributed by atoms with van der Waals surface area (Å²) in [5.74, 6) is -1.48. The van der Waals surface area contributed by atoms with Gasteiger partial charge in [0, 0.05) is 19.3 Å². The monoisotopic (exact) mass is 981 g/mol. The first-order valence-corrected chi connectivity index (χ1v) is 29.0. The third-order valence-electron chi connectivity index (χ3n) is 11.8. The number of aliphatic hydroxyl groups excluding tert-OH is 1. The summed E-state index contributed by atoms with van der Waals surface area (Å²) in [6.07, 6.45) is 52.2. The minimum atomic E-state index is -4.74. The molecular weight excluding hydrogens is 880 g/mol. The van der Waals surface area contributed by atoms with Crippen LogP contribution in [0.5, 0.6) is 0 Å². The van der Waals surface area contributed by atoms with Crippen molar-refractivity contribution < 1.29 is 52.2 Å². The van der Waals surface area contributed by atoms with Gasteiger partial charge in [-0.1, -0.05) is 223 Å². The fraction of sp³-hybridized carbons (Fsp3) is 0.804. The molecule has 0 saturated carbocycles. The average molecular weight is 981 g/mol. The van der Waals surface area contributed by atoms with Crippen molar-refractivity contribution >= 4 is 25.7 Å². The Hall–Kier alpha value is -2.56. The van der Waals surface area contributed by atoms with E-state index >= 15 is 0 Å². The third kappa shape index (κ3) is 48.5. The highest BCUT2D eigenvalue weighted by atomic mass is 31.2. The van der Waals surface area contributed by atoms with Crippen molar-refractivity contribution in [1.29, 1.82) is 0 Å². The molecule has 2 N–H and O–H groups in total. The molecule has 0 bridgehead atoms. The molecule has 396 valence electrons. The number of ether oxygens (including phenoxy) is 3. The van der Waals surface area contributed by atoms with Gasteiger partial charge < -0.3 is 24.2 Å². The molecule has 0 aromatic rings. The van der Waals surface area contributed by atoms with Gasteiger partial charge in [-0.3, -0.25) is 23.4 Å². The molecule has 0 heterocycles. The molecule has 0 aromatic heterocycles. The molecule has 0 radical (unpaired) electrons.